The van der Waals surface area contributed by atoms with Crippen LogP contribution in [0.3, 0.4) is 0 Å². The third kappa shape index (κ3) is 2.29. The van der Waals surface area contributed by atoms with E-state index in [2.05, 4.69) is 35.6 Å². The van der Waals surface area contributed by atoms with Crippen molar-refractivity contribution < 1.29 is 4.39 Å². The van der Waals surface area contributed by atoms with Crippen molar-refractivity contribution in [1.29, 1.82) is 0 Å². The lowest BCUT2D eigenvalue weighted by atomic mass is 9.95. The van der Waals surface area contributed by atoms with Crippen molar-refractivity contribution in [2.24, 2.45) is 5.92 Å². The SMILES string of the molecule is CCCC1C(F)=CC=CC1I. The van der Waals surface area contributed by atoms with Crippen LogP contribution in [0.2, 0.25) is 0 Å². The van der Waals surface area contributed by atoms with E-state index in [0.29, 0.717) is 3.92 Å². The van der Waals surface area contributed by atoms with Gasteiger partial charge < -0.3 is 0 Å². The van der Waals surface area contributed by atoms with Crippen LogP contribution in [-0.2, 0) is 0 Å². The highest BCUT2D eigenvalue weighted by Crippen LogP contribution is 2.31. The van der Waals surface area contributed by atoms with Gasteiger partial charge >= 0.3 is 0 Å². The molecule has 0 amide bonds. The molecule has 0 heterocycles. The smallest absolute Gasteiger partial charge is 0.104 e. The van der Waals surface area contributed by atoms with Gasteiger partial charge in [0, 0.05) is 9.84 Å². The first-order chi connectivity index (χ1) is 5.25. The Morgan fingerprint density at radius 3 is 2.91 bits per heavy atom. The van der Waals surface area contributed by atoms with Crippen LogP contribution >= 0.6 is 22.6 Å². The number of hydrogen-bond acceptors (Lipinski definition) is 0. The lowest BCUT2D eigenvalue weighted by Crippen LogP contribution is -2.14. The molecule has 0 saturated carbocycles. The highest BCUT2D eigenvalue weighted by Gasteiger charge is 2.21. The highest BCUT2D eigenvalue weighted by atomic mass is 127. The van der Waals surface area contributed by atoms with Crippen LogP contribution in [0.15, 0.2) is 24.1 Å². The molecule has 0 N–H and O–H groups in total. The van der Waals surface area contributed by atoms with Crippen LogP contribution in [0.4, 0.5) is 4.39 Å². The molecule has 11 heavy (non-hydrogen) atoms. The number of halogens is 2. The van der Waals surface area contributed by atoms with E-state index in [-0.39, 0.29) is 11.7 Å². The van der Waals surface area contributed by atoms with Crippen molar-refractivity contribution in [3.63, 3.8) is 0 Å². The second-order valence-corrected chi connectivity index (χ2v) is 4.21. The number of allylic oxidation sites excluding steroid dienone is 4. The summed E-state index contributed by atoms with van der Waals surface area (Å²) in [4.78, 5) is 0. The Morgan fingerprint density at radius 1 is 1.64 bits per heavy atom. The zero-order valence-electron chi connectivity index (χ0n) is 6.56. The largest absolute Gasteiger partial charge is 0.211 e. The summed E-state index contributed by atoms with van der Waals surface area (Å²) in [5, 5.41) is 0. The maximum absolute atomic E-state index is 13.1. The number of hydrogen-bond donors (Lipinski definition) is 0. The second kappa shape index (κ2) is 4.24. The summed E-state index contributed by atoms with van der Waals surface area (Å²) < 4.78 is 13.4. The molecule has 0 radical (unpaired) electrons. The summed E-state index contributed by atoms with van der Waals surface area (Å²) >= 11 is 2.29. The van der Waals surface area contributed by atoms with Crippen molar-refractivity contribution in [3.05, 3.63) is 24.1 Å². The molecule has 0 aromatic rings. The maximum Gasteiger partial charge on any atom is 0.104 e. The fourth-order valence-corrected chi connectivity index (χ4v) is 2.21. The zero-order valence-corrected chi connectivity index (χ0v) is 8.71. The molecular formula is C9H12FI. The Kier molecular flexibility index (Phi) is 3.55. The summed E-state index contributed by atoms with van der Waals surface area (Å²) in [6.45, 7) is 2.09. The topological polar surface area (TPSA) is 0 Å². The van der Waals surface area contributed by atoms with Crippen molar-refractivity contribution in [2.75, 3.05) is 0 Å². The normalized spacial score (nSPS) is 30.3. The molecule has 0 fully saturated rings. The van der Waals surface area contributed by atoms with Crippen LogP contribution in [0, 0.1) is 5.92 Å². The average Bonchev–Trinajstić information content (AvgIpc) is 1.97. The quantitative estimate of drug-likeness (QED) is 0.529. The number of alkyl halides is 1. The third-order valence-corrected chi connectivity index (χ3v) is 3.17. The van der Waals surface area contributed by atoms with Crippen molar-refractivity contribution in [2.45, 2.75) is 23.7 Å². The Labute approximate surface area is 80.7 Å². The van der Waals surface area contributed by atoms with Crippen LogP contribution in [0.5, 0.6) is 0 Å². The summed E-state index contributed by atoms with van der Waals surface area (Å²) in [5.41, 5.74) is 0. The zero-order chi connectivity index (χ0) is 8.27. The fourth-order valence-electron chi connectivity index (χ4n) is 1.27. The Balaban J connectivity index is 2.62. The van der Waals surface area contributed by atoms with Crippen LogP contribution < -0.4 is 0 Å². The molecule has 1 rings (SSSR count). The highest BCUT2D eigenvalue weighted by molar-refractivity contribution is 14.1. The molecular weight excluding hydrogens is 254 g/mol. The molecule has 0 aliphatic heterocycles. The van der Waals surface area contributed by atoms with E-state index in [1.165, 1.54) is 0 Å². The molecule has 1 aliphatic carbocycles. The van der Waals surface area contributed by atoms with Crippen LogP contribution in [0.1, 0.15) is 19.8 Å². The van der Waals surface area contributed by atoms with E-state index in [1.54, 1.807) is 12.2 Å². The van der Waals surface area contributed by atoms with Crippen molar-refractivity contribution in [3.8, 4) is 0 Å². The predicted molar refractivity (Wildman–Crippen MR) is 54.5 cm³/mol. The molecule has 0 spiro atoms. The van der Waals surface area contributed by atoms with Gasteiger partial charge in [-0.25, -0.2) is 4.39 Å². The van der Waals surface area contributed by atoms with Crippen LogP contribution in [0.25, 0.3) is 0 Å². The monoisotopic (exact) mass is 266 g/mol. The molecule has 2 heteroatoms. The van der Waals surface area contributed by atoms with Gasteiger partial charge in [0.1, 0.15) is 5.83 Å². The minimum absolute atomic E-state index is 0.0498. The van der Waals surface area contributed by atoms with Crippen molar-refractivity contribution >= 4 is 22.6 Å². The van der Waals surface area contributed by atoms with Crippen LogP contribution in [-0.4, -0.2) is 3.92 Å². The van der Waals surface area contributed by atoms with Gasteiger partial charge in [0.25, 0.3) is 0 Å². The minimum Gasteiger partial charge on any atom is -0.211 e. The van der Waals surface area contributed by atoms with E-state index in [1.807, 2.05) is 0 Å². The summed E-state index contributed by atoms with van der Waals surface area (Å²) in [5.74, 6) is 0.180. The Hall–Kier alpha value is 0.140. The summed E-state index contributed by atoms with van der Waals surface area (Å²) in [6.07, 6.45) is 7.46. The molecule has 1 aliphatic rings. The van der Waals surface area contributed by atoms with Gasteiger partial charge in [-0.3, -0.25) is 0 Å². The van der Waals surface area contributed by atoms with Crippen molar-refractivity contribution in [1.82, 2.24) is 0 Å². The van der Waals surface area contributed by atoms with E-state index >= 15 is 0 Å². The molecule has 0 aromatic heterocycles. The predicted octanol–water partition coefficient (Wildman–Crippen LogP) is 3.63. The second-order valence-electron chi connectivity index (χ2n) is 2.78. The van der Waals surface area contributed by atoms with E-state index in [9.17, 15) is 4.39 Å². The molecule has 0 aromatic carbocycles. The van der Waals surface area contributed by atoms with Gasteiger partial charge in [-0.15, -0.1) is 0 Å². The lowest BCUT2D eigenvalue weighted by molar-refractivity contribution is 0.447. The van der Waals surface area contributed by atoms with Gasteiger partial charge in [0.15, 0.2) is 0 Å². The third-order valence-electron chi connectivity index (χ3n) is 1.89. The number of rotatable bonds is 2. The van der Waals surface area contributed by atoms with Gasteiger partial charge in [0.05, 0.1) is 0 Å². The standard InChI is InChI=1S/C9H12FI/c1-2-4-7-8(10)5-3-6-9(7)11/h3,5-7,9H,2,4H2,1H3. The Bertz CT molecular complexity index is 184. The van der Waals surface area contributed by atoms with Gasteiger partial charge in [-0.2, -0.15) is 0 Å². The minimum atomic E-state index is 0.0498. The first kappa shape index (κ1) is 9.23. The van der Waals surface area contributed by atoms with Gasteiger partial charge in [-0.05, 0) is 12.5 Å². The summed E-state index contributed by atoms with van der Waals surface area (Å²) in [7, 11) is 0. The van der Waals surface area contributed by atoms with Gasteiger partial charge in [-0.1, -0.05) is 48.1 Å². The first-order valence-electron chi connectivity index (χ1n) is 3.93. The first-order valence-corrected chi connectivity index (χ1v) is 5.18. The lowest BCUT2D eigenvalue weighted by Gasteiger charge is -2.20. The van der Waals surface area contributed by atoms with E-state index in [4.69, 9.17) is 0 Å². The molecule has 2 unspecified atom stereocenters. The molecule has 0 nitrogen and oxygen atoms in total. The average molecular weight is 266 g/mol. The van der Waals surface area contributed by atoms with E-state index < -0.39 is 0 Å². The molecule has 0 bridgehead atoms. The Morgan fingerprint density at radius 2 is 2.36 bits per heavy atom. The molecule has 62 valence electrons. The maximum atomic E-state index is 13.1. The fraction of sp³-hybridized carbons (Fsp3) is 0.556. The van der Waals surface area contributed by atoms with E-state index in [0.717, 1.165) is 12.8 Å². The molecule has 0 saturated heterocycles. The van der Waals surface area contributed by atoms with Gasteiger partial charge in [0.2, 0.25) is 0 Å². The summed E-state index contributed by atoms with van der Waals surface area (Å²) in [6, 6.07) is 0. The molecule has 2 atom stereocenters.